The standard InChI is InChI=1S/C23H31P/c1-2-3-4-5-6-7-8-9-16-21-24(22-17-12-10-13-18-22)23-19-14-11-15-20-23/h2,10-15,17-20H,1,3-9,16,21H2. The van der Waals surface area contributed by atoms with Gasteiger partial charge in [-0.1, -0.05) is 98.8 Å². The molecule has 0 spiro atoms. The molecule has 0 radical (unpaired) electrons. The quantitative estimate of drug-likeness (QED) is 0.238. The maximum atomic E-state index is 3.79. The fourth-order valence-electron chi connectivity index (χ4n) is 3.07. The third kappa shape index (κ3) is 7.02. The molecule has 0 aliphatic heterocycles. The maximum Gasteiger partial charge on any atom is -0.0195 e. The van der Waals surface area contributed by atoms with Crippen molar-refractivity contribution >= 4 is 18.5 Å². The minimum Gasteiger partial charge on any atom is -0.103 e. The van der Waals surface area contributed by atoms with Crippen molar-refractivity contribution in [2.24, 2.45) is 0 Å². The molecule has 0 N–H and O–H groups in total. The largest absolute Gasteiger partial charge is 0.103 e. The van der Waals surface area contributed by atoms with Gasteiger partial charge in [-0.25, -0.2) is 0 Å². The topological polar surface area (TPSA) is 0 Å². The van der Waals surface area contributed by atoms with Crippen LogP contribution in [0.1, 0.15) is 51.4 Å². The Balaban J connectivity index is 1.75. The smallest absolute Gasteiger partial charge is 0.0195 e. The molecule has 2 rings (SSSR count). The Kier molecular flexibility index (Phi) is 9.50. The summed E-state index contributed by atoms with van der Waals surface area (Å²) in [6.45, 7) is 3.79. The molecular weight excluding hydrogens is 307 g/mol. The van der Waals surface area contributed by atoms with Gasteiger partial charge in [0.25, 0.3) is 0 Å². The molecule has 0 aromatic heterocycles. The zero-order chi connectivity index (χ0) is 16.9. The van der Waals surface area contributed by atoms with Crippen molar-refractivity contribution < 1.29 is 0 Å². The third-order valence-electron chi connectivity index (χ3n) is 4.43. The number of rotatable bonds is 12. The summed E-state index contributed by atoms with van der Waals surface area (Å²) < 4.78 is 0. The van der Waals surface area contributed by atoms with Crippen molar-refractivity contribution in [2.45, 2.75) is 51.4 Å². The van der Waals surface area contributed by atoms with Crippen LogP contribution in [0, 0.1) is 0 Å². The van der Waals surface area contributed by atoms with Gasteiger partial charge in [0.05, 0.1) is 0 Å². The minimum atomic E-state index is -0.194. The molecule has 0 nitrogen and oxygen atoms in total. The van der Waals surface area contributed by atoms with Crippen LogP contribution in [0.5, 0.6) is 0 Å². The van der Waals surface area contributed by atoms with E-state index in [2.05, 4.69) is 67.2 Å². The van der Waals surface area contributed by atoms with Crippen LogP contribution in [0.15, 0.2) is 73.3 Å². The van der Waals surface area contributed by atoms with Gasteiger partial charge in [-0.15, -0.1) is 6.58 Å². The van der Waals surface area contributed by atoms with Crippen LogP contribution in [-0.2, 0) is 0 Å². The molecule has 0 atom stereocenters. The first-order valence-electron chi connectivity index (χ1n) is 9.40. The summed E-state index contributed by atoms with van der Waals surface area (Å²) in [4.78, 5) is 0. The highest BCUT2D eigenvalue weighted by Gasteiger charge is 2.12. The zero-order valence-electron chi connectivity index (χ0n) is 14.9. The first kappa shape index (κ1) is 18.9. The summed E-state index contributed by atoms with van der Waals surface area (Å²) >= 11 is 0. The summed E-state index contributed by atoms with van der Waals surface area (Å²) in [5.41, 5.74) is 0. The summed E-state index contributed by atoms with van der Waals surface area (Å²) in [5.74, 6) is 0. The fraction of sp³-hybridized carbons (Fsp3) is 0.391. The van der Waals surface area contributed by atoms with E-state index in [1.807, 2.05) is 6.08 Å². The van der Waals surface area contributed by atoms with E-state index in [1.54, 1.807) is 0 Å². The second-order valence-electron chi connectivity index (χ2n) is 6.37. The number of allylic oxidation sites excluding steroid dienone is 1. The van der Waals surface area contributed by atoms with E-state index in [0.717, 1.165) is 0 Å². The summed E-state index contributed by atoms with van der Waals surface area (Å²) in [5, 5.41) is 3.03. The van der Waals surface area contributed by atoms with Crippen molar-refractivity contribution in [3.8, 4) is 0 Å². The van der Waals surface area contributed by atoms with Crippen LogP contribution in [0.2, 0.25) is 0 Å². The molecule has 0 saturated carbocycles. The zero-order valence-corrected chi connectivity index (χ0v) is 15.8. The minimum absolute atomic E-state index is 0.194. The second kappa shape index (κ2) is 12.0. The Morgan fingerprint density at radius 1 is 0.625 bits per heavy atom. The second-order valence-corrected chi connectivity index (χ2v) is 8.71. The monoisotopic (exact) mass is 338 g/mol. The molecular formula is C23H31P. The van der Waals surface area contributed by atoms with Gasteiger partial charge >= 0.3 is 0 Å². The Hall–Kier alpha value is -1.39. The lowest BCUT2D eigenvalue weighted by molar-refractivity contribution is 0.593. The predicted molar refractivity (Wildman–Crippen MR) is 111 cm³/mol. The lowest BCUT2D eigenvalue weighted by Crippen LogP contribution is -2.13. The van der Waals surface area contributed by atoms with Crippen molar-refractivity contribution in [3.05, 3.63) is 73.3 Å². The lowest BCUT2D eigenvalue weighted by atomic mass is 10.1. The van der Waals surface area contributed by atoms with Crippen LogP contribution < -0.4 is 10.6 Å². The molecule has 0 aliphatic carbocycles. The van der Waals surface area contributed by atoms with Gasteiger partial charge in [-0.3, -0.25) is 0 Å². The Bertz CT molecular complexity index is 507. The van der Waals surface area contributed by atoms with E-state index in [4.69, 9.17) is 0 Å². The highest BCUT2D eigenvalue weighted by molar-refractivity contribution is 7.73. The normalized spacial score (nSPS) is 10.9. The predicted octanol–water partition coefficient (Wildman–Crippen LogP) is 6.43. The van der Waals surface area contributed by atoms with Gasteiger partial charge in [0.1, 0.15) is 0 Å². The first-order chi connectivity index (χ1) is 11.9. The van der Waals surface area contributed by atoms with Crippen molar-refractivity contribution in [1.82, 2.24) is 0 Å². The van der Waals surface area contributed by atoms with Crippen LogP contribution in [-0.4, -0.2) is 6.16 Å². The lowest BCUT2D eigenvalue weighted by Gasteiger charge is -2.18. The summed E-state index contributed by atoms with van der Waals surface area (Å²) in [6.07, 6.45) is 14.1. The van der Waals surface area contributed by atoms with E-state index in [9.17, 15) is 0 Å². The number of unbranched alkanes of at least 4 members (excludes halogenated alkanes) is 7. The maximum absolute atomic E-state index is 3.79. The summed E-state index contributed by atoms with van der Waals surface area (Å²) in [7, 11) is -0.194. The van der Waals surface area contributed by atoms with Gasteiger partial charge in [-0.05, 0) is 44.0 Å². The molecule has 0 unspecified atom stereocenters. The molecule has 0 bridgehead atoms. The first-order valence-corrected chi connectivity index (χ1v) is 10.9. The van der Waals surface area contributed by atoms with Gasteiger partial charge in [-0.2, -0.15) is 0 Å². The molecule has 1 heteroatoms. The molecule has 0 fully saturated rings. The molecule has 0 aliphatic rings. The highest BCUT2D eigenvalue weighted by Crippen LogP contribution is 2.34. The van der Waals surface area contributed by atoms with E-state index in [1.165, 1.54) is 68.1 Å². The van der Waals surface area contributed by atoms with Gasteiger partial charge in [0.15, 0.2) is 0 Å². The van der Waals surface area contributed by atoms with Crippen LogP contribution in [0.4, 0.5) is 0 Å². The SMILES string of the molecule is C=CCCCCCCCCCP(c1ccccc1)c1ccccc1. The molecule has 0 amide bonds. The van der Waals surface area contributed by atoms with Gasteiger partial charge < -0.3 is 0 Å². The molecule has 0 heterocycles. The third-order valence-corrected chi connectivity index (χ3v) is 7.03. The van der Waals surface area contributed by atoms with Crippen LogP contribution >= 0.6 is 7.92 Å². The van der Waals surface area contributed by atoms with E-state index < -0.39 is 0 Å². The van der Waals surface area contributed by atoms with Crippen molar-refractivity contribution in [3.63, 3.8) is 0 Å². The van der Waals surface area contributed by atoms with E-state index in [0.29, 0.717) is 0 Å². The molecule has 0 saturated heterocycles. The molecule has 128 valence electrons. The van der Waals surface area contributed by atoms with Crippen molar-refractivity contribution in [1.29, 1.82) is 0 Å². The average Bonchev–Trinajstić information content (AvgIpc) is 2.65. The summed E-state index contributed by atoms with van der Waals surface area (Å²) in [6, 6.07) is 22.2. The molecule has 24 heavy (non-hydrogen) atoms. The van der Waals surface area contributed by atoms with Gasteiger partial charge in [0.2, 0.25) is 0 Å². The molecule has 2 aromatic carbocycles. The number of hydrogen-bond donors (Lipinski definition) is 0. The van der Waals surface area contributed by atoms with Crippen molar-refractivity contribution in [2.75, 3.05) is 6.16 Å². The average molecular weight is 338 g/mol. The number of hydrogen-bond acceptors (Lipinski definition) is 0. The van der Waals surface area contributed by atoms with Crippen LogP contribution in [0.3, 0.4) is 0 Å². The Labute approximate surface area is 149 Å². The highest BCUT2D eigenvalue weighted by atomic mass is 31.1. The molecule has 2 aromatic rings. The van der Waals surface area contributed by atoms with Crippen LogP contribution in [0.25, 0.3) is 0 Å². The Morgan fingerprint density at radius 2 is 1.08 bits per heavy atom. The number of benzene rings is 2. The van der Waals surface area contributed by atoms with Gasteiger partial charge in [0, 0.05) is 0 Å². The van der Waals surface area contributed by atoms with E-state index >= 15 is 0 Å². The Morgan fingerprint density at radius 3 is 1.58 bits per heavy atom. The van der Waals surface area contributed by atoms with E-state index in [-0.39, 0.29) is 7.92 Å². The fourth-order valence-corrected chi connectivity index (χ4v) is 5.48.